The molecule has 1 aromatic rings. The van der Waals surface area contributed by atoms with Crippen molar-refractivity contribution in [3.8, 4) is 0 Å². The Balaban J connectivity index is 1.81. The molecule has 3 heteroatoms. The van der Waals surface area contributed by atoms with E-state index >= 15 is 0 Å². The van der Waals surface area contributed by atoms with E-state index in [1.54, 1.807) is 0 Å². The predicted octanol–water partition coefficient (Wildman–Crippen LogP) is 3.42. The fourth-order valence-electron chi connectivity index (χ4n) is 3.06. The Kier molecular flexibility index (Phi) is 6.61. The summed E-state index contributed by atoms with van der Waals surface area (Å²) in [6.45, 7) is 10.5. The second-order valence-electron chi connectivity index (χ2n) is 6.00. The highest BCUT2D eigenvalue weighted by molar-refractivity contribution is 5.15. The number of nitrogens with one attached hydrogen (secondary N) is 1. The molecule has 0 radical (unpaired) electrons. The average Bonchev–Trinajstić information content (AvgIpc) is 2.96. The molecule has 1 aromatic heterocycles. The highest BCUT2D eigenvalue weighted by atomic mass is 15.1. The Hall–Kier alpha value is -0.800. The average molecular weight is 277 g/mol. The molecule has 1 aliphatic heterocycles. The predicted molar refractivity (Wildman–Crippen MR) is 86.0 cm³/mol. The van der Waals surface area contributed by atoms with Crippen LogP contribution in [0.3, 0.4) is 0 Å². The number of nitrogens with zero attached hydrogens (tertiary/aromatic N) is 2. The van der Waals surface area contributed by atoms with Crippen LogP contribution in [0.4, 0.5) is 0 Å². The van der Waals surface area contributed by atoms with E-state index in [9.17, 15) is 0 Å². The van der Waals surface area contributed by atoms with Crippen molar-refractivity contribution in [2.24, 2.45) is 0 Å². The normalized spacial score (nSPS) is 18.3. The summed E-state index contributed by atoms with van der Waals surface area (Å²) < 4.78 is 2.36. The van der Waals surface area contributed by atoms with Gasteiger partial charge in [0, 0.05) is 31.5 Å². The monoisotopic (exact) mass is 277 g/mol. The van der Waals surface area contributed by atoms with Gasteiger partial charge in [-0.15, -0.1) is 0 Å². The Labute approximate surface area is 124 Å². The van der Waals surface area contributed by atoms with Crippen LogP contribution in [0.2, 0.25) is 0 Å². The van der Waals surface area contributed by atoms with Gasteiger partial charge in [0.05, 0.1) is 0 Å². The number of likely N-dealkylation sites (tertiary alicyclic amines) is 1. The fourth-order valence-corrected chi connectivity index (χ4v) is 3.06. The zero-order valence-corrected chi connectivity index (χ0v) is 13.3. The van der Waals surface area contributed by atoms with Gasteiger partial charge in [0.15, 0.2) is 0 Å². The van der Waals surface area contributed by atoms with Gasteiger partial charge in [-0.3, -0.25) is 0 Å². The van der Waals surface area contributed by atoms with Crippen LogP contribution in [-0.2, 0) is 6.54 Å². The largest absolute Gasteiger partial charge is 0.353 e. The molecule has 0 aromatic carbocycles. The first-order valence-corrected chi connectivity index (χ1v) is 8.45. The number of rotatable bonds is 8. The summed E-state index contributed by atoms with van der Waals surface area (Å²) in [5, 5.41) is 3.63. The minimum atomic E-state index is 0.520. The van der Waals surface area contributed by atoms with Crippen molar-refractivity contribution >= 4 is 0 Å². The first-order chi connectivity index (χ1) is 9.83. The van der Waals surface area contributed by atoms with Crippen LogP contribution < -0.4 is 5.32 Å². The standard InChI is InChI=1S/C17H31N3/c1-3-9-18-17(4-2)16-8-12-20(15-16)14-13-19-10-6-5-7-11-19/h8,12,15,17-18H,3-7,9-11,13-14H2,1-2H3. The van der Waals surface area contributed by atoms with Crippen LogP contribution in [0.5, 0.6) is 0 Å². The molecule has 0 amide bonds. The second kappa shape index (κ2) is 8.48. The van der Waals surface area contributed by atoms with Crippen LogP contribution in [0.25, 0.3) is 0 Å². The molecule has 1 fully saturated rings. The van der Waals surface area contributed by atoms with Crippen molar-refractivity contribution in [1.82, 2.24) is 14.8 Å². The van der Waals surface area contributed by atoms with Crippen molar-refractivity contribution in [3.05, 3.63) is 24.0 Å². The van der Waals surface area contributed by atoms with E-state index in [1.807, 2.05) is 0 Å². The van der Waals surface area contributed by atoms with Gasteiger partial charge in [-0.05, 0) is 56.9 Å². The van der Waals surface area contributed by atoms with Crippen LogP contribution in [-0.4, -0.2) is 35.6 Å². The zero-order valence-electron chi connectivity index (χ0n) is 13.3. The minimum absolute atomic E-state index is 0.520. The van der Waals surface area contributed by atoms with Crippen molar-refractivity contribution in [2.45, 2.75) is 58.5 Å². The molecule has 1 N–H and O–H groups in total. The molecule has 2 rings (SSSR count). The van der Waals surface area contributed by atoms with E-state index in [0.29, 0.717) is 6.04 Å². The molecule has 2 heterocycles. The third-order valence-electron chi connectivity index (χ3n) is 4.35. The summed E-state index contributed by atoms with van der Waals surface area (Å²) in [7, 11) is 0. The quantitative estimate of drug-likeness (QED) is 0.785. The Bertz CT molecular complexity index is 366. The Morgan fingerprint density at radius 1 is 1.15 bits per heavy atom. The molecule has 0 bridgehead atoms. The third kappa shape index (κ3) is 4.64. The summed E-state index contributed by atoms with van der Waals surface area (Å²) in [6, 6.07) is 2.80. The summed E-state index contributed by atoms with van der Waals surface area (Å²) in [5.74, 6) is 0. The number of hydrogen-bond acceptors (Lipinski definition) is 2. The molecule has 114 valence electrons. The van der Waals surface area contributed by atoms with Gasteiger partial charge in [-0.1, -0.05) is 20.3 Å². The highest BCUT2D eigenvalue weighted by Gasteiger charge is 2.11. The van der Waals surface area contributed by atoms with Crippen LogP contribution >= 0.6 is 0 Å². The molecule has 1 unspecified atom stereocenters. The van der Waals surface area contributed by atoms with Gasteiger partial charge >= 0.3 is 0 Å². The van der Waals surface area contributed by atoms with Gasteiger partial charge in [-0.25, -0.2) is 0 Å². The molecule has 0 saturated carbocycles. The van der Waals surface area contributed by atoms with E-state index < -0.39 is 0 Å². The summed E-state index contributed by atoms with van der Waals surface area (Å²) >= 11 is 0. The van der Waals surface area contributed by atoms with E-state index in [1.165, 1.54) is 50.9 Å². The second-order valence-corrected chi connectivity index (χ2v) is 6.00. The lowest BCUT2D eigenvalue weighted by atomic mass is 10.1. The molecule has 1 atom stereocenters. The van der Waals surface area contributed by atoms with E-state index in [0.717, 1.165) is 19.5 Å². The number of aromatic nitrogens is 1. The number of piperidine rings is 1. The van der Waals surface area contributed by atoms with Gasteiger partial charge in [0.1, 0.15) is 0 Å². The van der Waals surface area contributed by atoms with Crippen molar-refractivity contribution in [2.75, 3.05) is 26.2 Å². The van der Waals surface area contributed by atoms with Crippen LogP contribution in [0, 0.1) is 0 Å². The smallest absolute Gasteiger partial charge is 0.0347 e. The van der Waals surface area contributed by atoms with E-state index in [2.05, 4.69) is 47.1 Å². The van der Waals surface area contributed by atoms with Gasteiger partial charge in [0.2, 0.25) is 0 Å². The first-order valence-electron chi connectivity index (χ1n) is 8.45. The minimum Gasteiger partial charge on any atom is -0.353 e. The van der Waals surface area contributed by atoms with Gasteiger partial charge in [-0.2, -0.15) is 0 Å². The van der Waals surface area contributed by atoms with Gasteiger partial charge < -0.3 is 14.8 Å². The highest BCUT2D eigenvalue weighted by Crippen LogP contribution is 2.17. The fraction of sp³-hybridized carbons (Fsp3) is 0.765. The lowest BCUT2D eigenvalue weighted by molar-refractivity contribution is 0.221. The maximum atomic E-state index is 3.63. The maximum absolute atomic E-state index is 3.63. The number of hydrogen-bond donors (Lipinski definition) is 1. The van der Waals surface area contributed by atoms with Crippen LogP contribution in [0.15, 0.2) is 18.5 Å². The molecule has 1 saturated heterocycles. The maximum Gasteiger partial charge on any atom is 0.0347 e. The summed E-state index contributed by atoms with van der Waals surface area (Å²) in [4.78, 5) is 2.61. The van der Waals surface area contributed by atoms with E-state index in [-0.39, 0.29) is 0 Å². The Morgan fingerprint density at radius 2 is 1.95 bits per heavy atom. The molecule has 0 spiro atoms. The SMILES string of the molecule is CCCNC(CC)c1ccn(CCN2CCCCC2)c1. The summed E-state index contributed by atoms with van der Waals surface area (Å²) in [5.41, 5.74) is 1.44. The molecule has 1 aliphatic rings. The zero-order chi connectivity index (χ0) is 14.2. The van der Waals surface area contributed by atoms with Crippen LogP contribution in [0.1, 0.15) is 57.6 Å². The molecule has 20 heavy (non-hydrogen) atoms. The topological polar surface area (TPSA) is 20.2 Å². The van der Waals surface area contributed by atoms with Crippen molar-refractivity contribution in [1.29, 1.82) is 0 Å². The lowest BCUT2D eigenvalue weighted by Crippen LogP contribution is -2.32. The molecule has 0 aliphatic carbocycles. The lowest BCUT2D eigenvalue weighted by Gasteiger charge is -2.26. The first kappa shape index (κ1) is 15.6. The molecule has 3 nitrogen and oxygen atoms in total. The molecular weight excluding hydrogens is 246 g/mol. The van der Waals surface area contributed by atoms with Crippen molar-refractivity contribution < 1.29 is 0 Å². The molecular formula is C17H31N3. The van der Waals surface area contributed by atoms with Gasteiger partial charge in [0.25, 0.3) is 0 Å². The summed E-state index contributed by atoms with van der Waals surface area (Å²) in [6.07, 6.45) is 11.1. The van der Waals surface area contributed by atoms with E-state index in [4.69, 9.17) is 0 Å². The third-order valence-corrected chi connectivity index (χ3v) is 4.35. The Morgan fingerprint density at radius 3 is 2.65 bits per heavy atom. The van der Waals surface area contributed by atoms with Crippen molar-refractivity contribution in [3.63, 3.8) is 0 Å².